The summed E-state index contributed by atoms with van der Waals surface area (Å²) in [6.07, 6.45) is -0.914. The van der Waals surface area contributed by atoms with Crippen LogP contribution in [0, 0.1) is 0 Å². The van der Waals surface area contributed by atoms with E-state index in [0.29, 0.717) is 7.11 Å². The molecule has 0 aromatic carbocycles. The minimum absolute atomic E-state index is 0.0106. The second kappa shape index (κ2) is 18.3. The molecule has 0 aliphatic carbocycles. The summed E-state index contributed by atoms with van der Waals surface area (Å²) in [6.45, 7) is -5.09. The number of aliphatic hydroxyl groups is 4. The number of aromatic nitrogens is 8. The fourth-order valence-corrected chi connectivity index (χ4v) is 11.5. The number of hydrogen-bond acceptors (Lipinski definition) is 23. The molecule has 32 heteroatoms. The number of nitrogen functional groups attached to an aromatic ring is 2. The van der Waals surface area contributed by atoms with Crippen molar-refractivity contribution in [3.63, 3.8) is 0 Å². The molecule has 8 atom stereocenters. The summed E-state index contributed by atoms with van der Waals surface area (Å²) in [4.78, 5) is 54.1. The molecule has 0 bridgehead atoms. The number of ether oxygens (including phenoxy) is 2. The number of hydrogen-bond donors (Lipinski definition) is 9. The highest BCUT2D eigenvalue weighted by atomic mass is 31.3. The number of anilines is 2. The molecule has 0 fully saturated rings. The van der Waals surface area contributed by atoms with Crippen LogP contribution in [0.2, 0.25) is 0 Å². The van der Waals surface area contributed by atoms with Crippen molar-refractivity contribution >= 4 is 64.8 Å². The fourth-order valence-electron chi connectivity index (χ4n) is 4.35. The summed E-state index contributed by atoms with van der Waals surface area (Å²) < 4.78 is 87.3. The monoisotopic (exact) mass is 852 g/mol. The van der Waals surface area contributed by atoms with Gasteiger partial charge in [0.05, 0.1) is 52.3 Å². The number of phosphoric ester groups is 2. The Balaban J connectivity index is 1.33. The predicted molar refractivity (Wildman–Crippen MR) is 179 cm³/mol. The Hall–Kier alpha value is -2.94. The summed E-state index contributed by atoms with van der Waals surface area (Å²) in [5.41, 5.74) is 12.1. The van der Waals surface area contributed by atoms with Crippen molar-refractivity contribution in [1.29, 1.82) is 0 Å². The highest BCUT2D eigenvalue weighted by molar-refractivity contribution is 7.76. The number of fused-ring (bicyclic) bond motifs is 2. The van der Waals surface area contributed by atoms with Crippen molar-refractivity contribution in [3.8, 4) is 0 Å². The number of rotatable bonds is 23. The fraction of sp³-hybridized carbons (Fsp3) is 0.545. The van der Waals surface area contributed by atoms with Crippen LogP contribution in [0.4, 0.5) is 11.6 Å². The van der Waals surface area contributed by atoms with Gasteiger partial charge in [-0.15, -0.1) is 0 Å². The maximum absolute atomic E-state index is 13.0. The van der Waals surface area contributed by atoms with E-state index in [4.69, 9.17) is 25.5 Å². The van der Waals surface area contributed by atoms with Crippen LogP contribution in [0.15, 0.2) is 25.3 Å². The summed E-state index contributed by atoms with van der Waals surface area (Å²) in [5, 5.41) is 39.3. The molecule has 8 unspecified atom stereocenters. The van der Waals surface area contributed by atoms with Gasteiger partial charge in [-0.1, -0.05) is 0 Å². The first-order valence-electron chi connectivity index (χ1n) is 14.8. The molecule has 4 heterocycles. The summed E-state index contributed by atoms with van der Waals surface area (Å²) >= 11 is 0. The molecule has 11 N–H and O–H groups in total. The molecule has 0 spiro atoms. The zero-order valence-electron chi connectivity index (χ0n) is 27.7. The lowest BCUT2D eigenvalue weighted by atomic mass is 10.4. The van der Waals surface area contributed by atoms with Gasteiger partial charge in [-0.25, -0.2) is 47.7 Å². The van der Waals surface area contributed by atoms with Crippen molar-refractivity contribution in [2.24, 2.45) is 0 Å². The molecule has 54 heavy (non-hydrogen) atoms. The van der Waals surface area contributed by atoms with Crippen LogP contribution in [0.1, 0.15) is 12.5 Å². The van der Waals surface area contributed by atoms with Crippen LogP contribution in [0.5, 0.6) is 0 Å². The molecule has 0 aliphatic heterocycles. The van der Waals surface area contributed by atoms with E-state index < -0.39 is 101 Å². The Kier molecular flexibility index (Phi) is 14.9. The third-order valence-corrected chi connectivity index (χ3v) is 14.6. The first-order chi connectivity index (χ1) is 25.4. The van der Waals surface area contributed by atoms with Crippen molar-refractivity contribution in [1.82, 2.24) is 39.0 Å². The standard InChI is InChI=1S/C22H36N10O18P4/c1-44-54(43,46-7-14(3-34)48-16(5-36)32-11-30-18-20(24)26-9-28-22(18)32)50-52(39,40)12-51(37,38)49-53(41,42)45-6-13(2-33)47-15(4-35)31-10-29-17-19(23)25-8-27-21(17)31/h8-11,13-16,33-36H,2-7,12H2,1H3,(H,37,38)(H,39,40)(H,41,42)(H2,23,25,27)(H2,24,26,28). The molecular weight excluding hydrogens is 816 g/mol. The first-order valence-corrected chi connectivity index (χ1v) is 21.3. The van der Waals surface area contributed by atoms with Gasteiger partial charge in [-0.05, 0) is 0 Å². The second-order valence-electron chi connectivity index (χ2n) is 10.6. The Labute approximate surface area is 302 Å². The highest BCUT2D eigenvalue weighted by Gasteiger charge is 2.45. The molecule has 302 valence electrons. The van der Waals surface area contributed by atoms with Gasteiger partial charge in [0.15, 0.2) is 41.3 Å². The molecule has 4 aromatic rings. The molecule has 4 aromatic heterocycles. The minimum atomic E-state index is -5.63. The van der Waals surface area contributed by atoms with E-state index in [-0.39, 0.29) is 34.0 Å². The van der Waals surface area contributed by atoms with Gasteiger partial charge in [0.2, 0.25) is 0 Å². The molecule has 0 saturated heterocycles. The SMILES string of the molecule is COP(=O)(OCC(CO)OC(CO)n1cnc2c(N)ncnc21)OP(=O)(O)CP(=O)(O)OP(=O)(O)OCC(CO)OC(CO)n1cnc2c(N)ncnc21. The molecule has 0 radical (unpaired) electrons. The zero-order chi connectivity index (χ0) is 39.9. The number of nitrogens with two attached hydrogens (primary N) is 2. The smallest absolute Gasteiger partial charge is 0.394 e. The summed E-state index contributed by atoms with van der Waals surface area (Å²) in [7, 11) is -21.2. The van der Waals surface area contributed by atoms with Gasteiger partial charge < -0.3 is 56.0 Å². The first kappa shape index (κ1) is 43.8. The molecule has 0 aliphatic rings. The van der Waals surface area contributed by atoms with E-state index in [9.17, 15) is 53.4 Å². The molecular formula is C22H36N10O18P4. The molecule has 0 amide bonds. The number of aliphatic hydroxyl groups excluding tert-OH is 4. The van der Waals surface area contributed by atoms with E-state index in [1.54, 1.807) is 0 Å². The van der Waals surface area contributed by atoms with Crippen LogP contribution < -0.4 is 11.5 Å². The van der Waals surface area contributed by atoms with Gasteiger partial charge in [0.1, 0.15) is 35.9 Å². The van der Waals surface area contributed by atoms with Gasteiger partial charge in [0, 0.05) is 7.11 Å². The van der Waals surface area contributed by atoms with Gasteiger partial charge in [-0.3, -0.25) is 31.8 Å². The number of phosphoric acid groups is 2. The quantitative estimate of drug-likeness (QED) is 0.0396. The maximum atomic E-state index is 13.0. The van der Waals surface area contributed by atoms with E-state index in [2.05, 4.69) is 47.6 Å². The van der Waals surface area contributed by atoms with Crippen molar-refractivity contribution < 1.29 is 85.0 Å². The van der Waals surface area contributed by atoms with Crippen molar-refractivity contribution in [3.05, 3.63) is 25.3 Å². The summed E-state index contributed by atoms with van der Waals surface area (Å²) in [6, 6.07) is 0. The van der Waals surface area contributed by atoms with Gasteiger partial charge in [-0.2, -0.15) is 0 Å². The lowest BCUT2D eigenvalue weighted by Crippen LogP contribution is -2.30. The average Bonchev–Trinajstić information content (AvgIpc) is 3.74. The largest absolute Gasteiger partial charge is 0.481 e. The molecule has 0 saturated carbocycles. The Bertz CT molecular complexity index is 2070. The van der Waals surface area contributed by atoms with E-state index in [1.807, 2.05) is 0 Å². The van der Waals surface area contributed by atoms with Crippen molar-refractivity contribution in [2.45, 2.75) is 24.7 Å². The summed E-state index contributed by atoms with van der Waals surface area (Å²) in [5.74, 6) is -1.93. The average molecular weight is 852 g/mol. The third-order valence-electron chi connectivity index (χ3n) is 6.69. The van der Waals surface area contributed by atoms with Crippen LogP contribution in [-0.2, 0) is 49.9 Å². The van der Waals surface area contributed by atoms with Crippen molar-refractivity contribution in [2.75, 3.05) is 64.1 Å². The van der Waals surface area contributed by atoms with E-state index in [1.165, 1.54) is 21.8 Å². The highest BCUT2D eigenvalue weighted by Crippen LogP contribution is 2.71. The number of imidazole rings is 2. The van der Waals surface area contributed by atoms with Crippen LogP contribution in [0.25, 0.3) is 22.3 Å². The third kappa shape index (κ3) is 11.3. The zero-order valence-corrected chi connectivity index (χ0v) is 31.3. The normalized spacial score (nSPS) is 19.0. The van der Waals surface area contributed by atoms with E-state index in [0.717, 1.165) is 12.7 Å². The topological polar surface area (TPSA) is 414 Å². The lowest BCUT2D eigenvalue weighted by Gasteiger charge is -2.26. The van der Waals surface area contributed by atoms with Crippen LogP contribution in [0.3, 0.4) is 0 Å². The minimum Gasteiger partial charge on any atom is -0.394 e. The van der Waals surface area contributed by atoms with Gasteiger partial charge >= 0.3 is 30.8 Å². The predicted octanol–water partition coefficient (Wildman–Crippen LogP) is -1.18. The van der Waals surface area contributed by atoms with Crippen LogP contribution in [-0.4, -0.2) is 139 Å². The Morgan fingerprint density at radius 2 is 1.11 bits per heavy atom. The Morgan fingerprint density at radius 1 is 0.667 bits per heavy atom. The second-order valence-corrected chi connectivity index (χ2v) is 18.3. The molecule has 4 rings (SSSR count). The maximum Gasteiger partial charge on any atom is 0.481 e. The number of nitrogens with zero attached hydrogens (tertiary/aromatic N) is 8. The lowest BCUT2D eigenvalue weighted by molar-refractivity contribution is -0.109. The molecule has 28 nitrogen and oxygen atoms in total. The van der Waals surface area contributed by atoms with Gasteiger partial charge in [0.25, 0.3) is 0 Å². The van der Waals surface area contributed by atoms with Crippen LogP contribution >= 0.6 is 30.8 Å². The van der Waals surface area contributed by atoms with E-state index >= 15 is 0 Å². The Morgan fingerprint density at radius 3 is 1.54 bits per heavy atom.